The van der Waals surface area contributed by atoms with Gasteiger partial charge in [-0.15, -0.1) is 5.92 Å². The fourth-order valence-electron chi connectivity index (χ4n) is 4.74. The van der Waals surface area contributed by atoms with Gasteiger partial charge >= 0.3 is 12.1 Å². The molecule has 1 fully saturated rings. The van der Waals surface area contributed by atoms with Gasteiger partial charge in [-0.3, -0.25) is 24.8 Å². The minimum atomic E-state index is -0.962. The third-order valence-corrected chi connectivity index (χ3v) is 6.97. The summed E-state index contributed by atoms with van der Waals surface area (Å²) in [5.41, 5.74) is 4.66. The van der Waals surface area contributed by atoms with Gasteiger partial charge in [-0.25, -0.2) is 19.7 Å². The molecular formula is C32H36N8O6. The Morgan fingerprint density at radius 3 is 2.41 bits per heavy atom. The number of amides is 2. The Hall–Kier alpha value is -5.39. The molecule has 0 bridgehead atoms. The summed E-state index contributed by atoms with van der Waals surface area (Å²) >= 11 is 0. The van der Waals surface area contributed by atoms with Crippen molar-refractivity contribution in [2.75, 3.05) is 44.7 Å². The lowest BCUT2D eigenvalue weighted by Crippen LogP contribution is -2.48. The molecule has 0 atom stereocenters. The van der Waals surface area contributed by atoms with Crippen molar-refractivity contribution < 1.29 is 29.3 Å². The summed E-state index contributed by atoms with van der Waals surface area (Å²) in [4.78, 5) is 60.0. The first-order valence-corrected chi connectivity index (χ1v) is 14.7. The molecule has 1 aromatic carbocycles. The molecular weight excluding hydrogens is 592 g/mol. The Morgan fingerprint density at radius 2 is 1.80 bits per heavy atom. The van der Waals surface area contributed by atoms with E-state index < -0.39 is 12.1 Å². The minimum absolute atomic E-state index is 0.0174. The summed E-state index contributed by atoms with van der Waals surface area (Å²) in [6.07, 6.45) is 4.42. The SMILES string of the molecule is CC#CCO.CCOC(=O)Nc1nc2c(-c3ncccn3)cc(-c3ccc(CN4CCN(C(=O)CCC(=O)O)CC4)nc3)cc2[nH]1. The number of hydrogen-bond donors (Lipinski definition) is 4. The van der Waals surface area contributed by atoms with Gasteiger partial charge in [0.25, 0.3) is 0 Å². The average Bonchev–Trinajstić information content (AvgIpc) is 3.47. The highest BCUT2D eigenvalue weighted by Gasteiger charge is 2.22. The Bertz CT molecular complexity index is 1690. The predicted octanol–water partition coefficient (Wildman–Crippen LogP) is 3.16. The molecule has 0 unspecified atom stereocenters. The number of pyridine rings is 1. The van der Waals surface area contributed by atoms with Crippen LogP contribution in [0.5, 0.6) is 0 Å². The third kappa shape index (κ3) is 9.31. The van der Waals surface area contributed by atoms with Gasteiger partial charge < -0.3 is 24.8 Å². The molecule has 5 rings (SSSR count). The molecule has 0 saturated carbocycles. The van der Waals surface area contributed by atoms with E-state index >= 15 is 0 Å². The van der Waals surface area contributed by atoms with Crippen LogP contribution in [0.4, 0.5) is 10.7 Å². The number of aliphatic hydroxyl groups is 1. The molecule has 0 radical (unpaired) electrons. The number of fused-ring (bicyclic) bond motifs is 1. The molecule has 14 heteroatoms. The lowest BCUT2D eigenvalue weighted by molar-refractivity contribution is -0.141. The number of carboxylic acids is 1. The number of benzene rings is 1. The number of aliphatic carboxylic acids is 1. The molecule has 4 N–H and O–H groups in total. The first-order valence-electron chi connectivity index (χ1n) is 14.7. The third-order valence-electron chi connectivity index (χ3n) is 6.97. The highest BCUT2D eigenvalue weighted by atomic mass is 16.5. The number of carbonyl (C=O) groups excluding carboxylic acids is 2. The van der Waals surface area contributed by atoms with Crippen molar-refractivity contribution in [1.29, 1.82) is 0 Å². The highest BCUT2D eigenvalue weighted by molar-refractivity contribution is 5.96. The van der Waals surface area contributed by atoms with Gasteiger partial charge in [0.05, 0.1) is 24.2 Å². The van der Waals surface area contributed by atoms with E-state index in [0.29, 0.717) is 55.1 Å². The van der Waals surface area contributed by atoms with Gasteiger partial charge in [0, 0.05) is 68.9 Å². The van der Waals surface area contributed by atoms with Gasteiger partial charge in [0.2, 0.25) is 11.9 Å². The van der Waals surface area contributed by atoms with Crippen molar-refractivity contribution in [3.05, 3.63) is 54.6 Å². The zero-order chi connectivity index (χ0) is 32.9. The van der Waals surface area contributed by atoms with Crippen molar-refractivity contribution in [1.82, 2.24) is 34.7 Å². The number of anilines is 1. The largest absolute Gasteiger partial charge is 0.481 e. The Morgan fingerprint density at radius 1 is 1.04 bits per heavy atom. The second-order valence-electron chi connectivity index (χ2n) is 10.1. The number of piperazine rings is 1. The number of aromatic amines is 1. The number of rotatable bonds is 9. The quantitative estimate of drug-likeness (QED) is 0.199. The van der Waals surface area contributed by atoms with E-state index in [1.807, 2.05) is 30.5 Å². The van der Waals surface area contributed by atoms with E-state index in [0.717, 1.165) is 16.8 Å². The van der Waals surface area contributed by atoms with E-state index in [2.05, 4.69) is 47.0 Å². The molecule has 14 nitrogen and oxygen atoms in total. The molecule has 1 aliphatic heterocycles. The standard InChI is InChI=1S/C28H30N8O5.C4H6O/c1-2-41-28(40)34-27-32-22-15-19(14-21(25(22)33-27)26-29-8-3-9-30-26)18-4-5-20(31-16-18)17-35-10-12-36(13-11-35)23(37)6-7-24(38)39;1-2-3-4-5/h3-5,8-9,14-16H,2,6-7,10-13,17H2,1H3,(H,38,39)(H2,32,33,34,40);5H,4H2,1H3. The van der Waals surface area contributed by atoms with Crippen LogP contribution in [0.3, 0.4) is 0 Å². The maximum Gasteiger partial charge on any atom is 0.413 e. The molecule has 46 heavy (non-hydrogen) atoms. The van der Waals surface area contributed by atoms with E-state index in [1.165, 1.54) is 0 Å². The van der Waals surface area contributed by atoms with Crippen LogP contribution in [0.1, 0.15) is 32.4 Å². The van der Waals surface area contributed by atoms with Crippen molar-refractivity contribution >= 4 is 35.0 Å². The van der Waals surface area contributed by atoms with Crippen molar-refractivity contribution in [3.8, 4) is 34.4 Å². The lowest BCUT2D eigenvalue weighted by Gasteiger charge is -2.34. The summed E-state index contributed by atoms with van der Waals surface area (Å²) in [6, 6.07) is 9.59. The van der Waals surface area contributed by atoms with Crippen LogP contribution in [-0.4, -0.2) is 102 Å². The number of H-pyrrole nitrogens is 1. The second kappa shape index (κ2) is 16.6. The maximum atomic E-state index is 12.2. The molecule has 4 aromatic rings. The summed E-state index contributed by atoms with van der Waals surface area (Å²) in [5.74, 6) is 4.61. The van der Waals surface area contributed by atoms with Crippen molar-refractivity contribution in [2.24, 2.45) is 0 Å². The van der Waals surface area contributed by atoms with Crippen LogP contribution in [0, 0.1) is 11.8 Å². The van der Waals surface area contributed by atoms with E-state index in [-0.39, 0.29) is 37.9 Å². The topological polar surface area (TPSA) is 187 Å². The number of nitrogens with one attached hydrogen (secondary N) is 2. The van der Waals surface area contributed by atoms with E-state index in [1.54, 1.807) is 37.2 Å². The van der Waals surface area contributed by atoms with Crippen LogP contribution in [0.2, 0.25) is 0 Å². The van der Waals surface area contributed by atoms with Gasteiger partial charge in [-0.1, -0.05) is 12.0 Å². The maximum absolute atomic E-state index is 12.2. The summed E-state index contributed by atoms with van der Waals surface area (Å²) < 4.78 is 4.97. The molecule has 2 amide bonds. The second-order valence-corrected chi connectivity index (χ2v) is 10.1. The number of hydrogen-bond acceptors (Lipinski definition) is 10. The summed E-state index contributed by atoms with van der Waals surface area (Å²) in [7, 11) is 0. The monoisotopic (exact) mass is 628 g/mol. The molecule has 1 aliphatic rings. The number of imidazole rings is 1. The van der Waals surface area contributed by atoms with E-state index in [4.69, 9.17) is 14.9 Å². The van der Waals surface area contributed by atoms with Gasteiger partial charge in [-0.2, -0.15) is 0 Å². The Balaban J connectivity index is 0.000000892. The van der Waals surface area contributed by atoms with Gasteiger partial charge in [0.15, 0.2) is 5.82 Å². The zero-order valence-electron chi connectivity index (χ0n) is 25.7. The minimum Gasteiger partial charge on any atom is -0.481 e. The number of aliphatic hydroxyl groups excluding tert-OH is 1. The molecule has 0 spiro atoms. The molecule has 0 aliphatic carbocycles. The number of nitrogens with zero attached hydrogens (tertiary/aromatic N) is 6. The van der Waals surface area contributed by atoms with Gasteiger partial charge in [-0.05, 0) is 43.7 Å². The Kier molecular flexibility index (Phi) is 12.1. The first-order chi connectivity index (χ1) is 22.3. The molecule has 3 aromatic heterocycles. The lowest BCUT2D eigenvalue weighted by atomic mass is 10.0. The number of ether oxygens (including phenoxy) is 1. The highest BCUT2D eigenvalue weighted by Crippen LogP contribution is 2.32. The van der Waals surface area contributed by atoms with Crippen LogP contribution in [-0.2, 0) is 20.9 Å². The predicted molar refractivity (Wildman–Crippen MR) is 170 cm³/mol. The van der Waals surface area contributed by atoms with Crippen LogP contribution in [0.15, 0.2) is 48.9 Å². The fourth-order valence-corrected chi connectivity index (χ4v) is 4.74. The van der Waals surface area contributed by atoms with Crippen LogP contribution in [0.25, 0.3) is 33.5 Å². The summed E-state index contributed by atoms with van der Waals surface area (Å²) in [6.45, 7) is 6.81. The van der Waals surface area contributed by atoms with Gasteiger partial charge in [0.1, 0.15) is 12.1 Å². The molecule has 4 heterocycles. The van der Waals surface area contributed by atoms with E-state index in [9.17, 15) is 14.4 Å². The smallest absolute Gasteiger partial charge is 0.413 e. The van der Waals surface area contributed by atoms with Crippen molar-refractivity contribution in [2.45, 2.75) is 33.2 Å². The summed E-state index contributed by atoms with van der Waals surface area (Å²) in [5, 5.41) is 19.3. The van der Waals surface area contributed by atoms with Crippen LogP contribution >= 0.6 is 0 Å². The van der Waals surface area contributed by atoms with Crippen LogP contribution < -0.4 is 5.32 Å². The zero-order valence-corrected chi connectivity index (χ0v) is 25.7. The first kappa shape index (κ1) is 33.5. The average molecular weight is 629 g/mol. The Labute approximate surface area is 265 Å². The van der Waals surface area contributed by atoms with Crippen molar-refractivity contribution in [3.63, 3.8) is 0 Å². The number of carboxylic acid groups (broad SMARTS) is 1. The number of carbonyl (C=O) groups is 3. The fraction of sp³-hybridized carbons (Fsp3) is 0.344. The normalized spacial score (nSPS) is 12.8. The molecule has 1 saturated heterocycles. The molecule has 240 valence electrons. The number of aromatic nitrogens is 5.